The number of H-pyrrole nitrogens is 1. The summed E-state index contributed by atoms with van der Waals surface area (Å²) in [4.78, 5) is 19.3. The van der Waals surface area contributed by atoms with Gasteiger partial charge < -0.3 is 9.72 Å². The van der Waals surface area contributed by atoms with Crippen molar-refractivity contribution < 1.29 is 4.74 Å². The van der Waals surface area contributed by atoms with Gasteiger partial charge in [-0.1, -0.05) is 49.2 Å². The minimum absolute atomic E-state index is 0.179. The van der Waals surface area contributed by atoms with Crippen LogP contribution in [0, 0.1) is 17.2 Å². The lowest BCUT2D eigenvalue weighted by atomic mass is 10.1. The molecule has 0 spiro atoms. The molecule has 0 fully saturated rings. The van der Waals surface area contributed by atoms with Crippen LogP contribution in [0.2, 0.25) is 10.0 Å². The van der Waals surface area contributed by atoms with Gasteiger partial charge in [-0.2, -0.15) is 5.26 Å². The molecule has 3 aromatic rings. The molecule has 5 nitrogen and oxygen atoms in total. The molecule has 0 amide bonds. The average Bonchev–Trinajstić information content (AvgIpc) is 2.65. The van der Waals surface area contributed by atoms with Crippen LogP contribution in [0.4, 0.5) is 0 Å². The molecule has 3 rings (SSSR count). The van der Waals surface area contributed by atoms with Crippen LogP contribution in [0.5, 0.6) is 5.75 Å². The lowest BCUT2D eigenvalue weighted by molar-refractivity contribution is 0.271. The third-order valence-corrected chi connectivity index (χ3v) is 4.44. The Morgan fingerprint density at radius 2 is 1.96 bits per heavy atom. The van der Waals surface area contributed by atoms with Gasteiger partial charge in [0.2, 0.25) is 0 Å². The minimum Gasteiger partial charge on any atom is -0.490 e. The summed E-state index contributed by atoms with van der Waals surface area (Å²) in [5.74, 6) is 0.913. The van der Waals surface area contributed by atoms with Crippen molar-refractivity contribution in [3.63, 3.8) is 0 Å². The number of allylic oxidation sites excluding steroid dienone is 1. The number of hydrogen-bond donors (Lipinski definition) is 1. The molecule has 0 aliphatic rings. The van der Waals surface area contributed by atoms with Crippen LogP contribution in [0.25, 0.3) is 22.6 Å². The first-order valence-corrected chi connectivity index (χ1v) is 9.37. The lowest BCUT2D eigenvalue weighted by Crippen LogP contribution is -2.11. The number of ether oxygens (including phenoxy) is 1. The van der Waals surface area contributed by atoms with Crippen LogP contribution in [-0.2, 0) is 0 Å². The topological polar surface area (TPSA) is 78.8 Å². The van der Waals surface area contributed by atoms with Gasteiger partial charge in [0.15, 0.2) is 11.6 Å². The smallest absolute Gasteiger partial charge is 0.259 e. The number of nitriles is 1. The van der Waals surface area contributed by atoms with E-state index in [1.807, 2.05) is 13.8 Å². The highest BCUT2D eigenvalue weighted by molar-refractivity contribution is 6.37. The van der Waals surface area contributed by atoms with Gasteiger partial charge in [-0.3, -0.25) is 4.79 Å². The summed E-state index contributed by atoms with van der Waals surface area (Å²) in [7, 11) is 0. The van der Waals surface area contributed by atoms with Crippen molar-refractivity contribution in [3.05, 3.63) is 68.2 Å². The Labute approximate surface area is 172 Å². The molecule has 0 saturated heterocycles. The number of rotatable bonds is 5. The zero-order valence-corrected chi connectivity index (χ0v) is 16.8. The van der Waals surface area contributed by atoms with E-state index in [1.54, 1.807) is 42.5 Å². The van der Waals surface area contributed by atoms with Crippen LogP contribution >= 0.6 is 23.2 Å². The third kappa shape index (κ3) is 4.36. The Morgan fingerprint density at radius 3 is 2.61 bits per heavy atom. The SMILES string of the molecule is CC(C)COc1c(Cl)cc(/C=C(/C#N)c2nc3ccccc3c(=O)[nH]2)cc1Cl. The molecule has 2 aromatic carbocycles. The molecule has 1 heterocycles. The number of nitrogens with one attached hydrogen (secondary N) is 1. The zero-order chi connectivity index (χ0) is 20.3. The molecule has 0 saturated carbocycles. The van der Waals surface area contributed by atoms with Crippen molar-refractivity contribution >= 4 is 45.8 Å². The first kappa shape index (κ1) is 19.9. The van der Waals surface area contributed by atoms with Gasteiger partial charge >= 0.3 is 0 Å². The Bertz CT molecular complexity index is 1140. The van der Waals surface area contributed by atoms with Crippen molar-refractivity contribution in [2.45, 2.75) is 13.8 Å². The molecule has 1 N–H and O–H groups in total. The average molecular weight is 414 g/mol. The summed E-state index contributed by atoms with van der Waals surface area (Å²) >= 11 is 12.6. The van der Waals surface area contributed by atoms with E-state index in [2.05, 4.69) is 16.0 Å². The molecule has 7 heteroatoms. The molecule has 142 valence electrons. The van der Waals surface area contributed by atoms with Crippen molar-refractivity contribution in [3.8, 4) is 11.8 Å². The van der Waals surface area contributed by atoms with Crippen molar-refractivity contribution in [1.29, 1.82) is 5.26 Å². The van der Waals surface area contributed by atoms with Gasteiger partial charge in [0.1, 0.15) is 6.07 Å². The molecule has 0 bridgehead atoms. The molecular weight excluding hydrogens is 397 g/mol. The first-order chi connectivity index (χ1) is 13.4. The molecule has 0 unspecified atom stereocenters. The number of halogens is 2. The van der Waals surface area contributed by atoms with Gasteiger partial charge in [0, 0.05) is 0 Å². The highest BCUT2D eigenvalue weighted by Crippen LogP contribution is 2.35. The van der Waals surface area contributed by atoms with Crippen molar-refractivity contribution in [2.24, 2.45) is 5.92 Å². The largest absolute Gasteiger partial charge is 0.490 e. The number of hydrogen-bond acceptors (Lipinski definition) is 4. The van der Waals surface area contributed by atoms with E-state index >= 15 is 0 Å². The molecular formula is C21H17Cl2N3O2. The van der Waals surface area contributed by atoms with Crippen LogP contribution in [0.15, 0.2) is 41.2 Å². The Morgan fingerprint density at radius 1 is 1.29 bits per heavy atom. The number of nitrogens with zero attached hydrogens (tertiary/aromatic N) is 2. The van der Waals surface area contributed by atoms with E-state index in [1.165, 1.54) is 0 Å². The highest BCUT2D eigenvalue weighted by atomic mass is 35.5. The standard InChI is InChI=1S/C21H17Cl2N3O2/c1-12(2)11-28-19-16(22)8-13(9-17(19)23)7-14(10-24)20-25-18-6-4-3-5-15(18)21(27)26-20/h3-9,12H,11H2,1-2H3,(H,25,26,27)/b14-7-. The summed E-state index contributed by atoms with van der Waals surface area (Å²) in [5.41, 5.74) is 0.983. The predicted molar refractivity (Wildman–Crippen MR) is 113 cm³/mol. The lowest BCUT2D eigenvalue weighted by Gasteiger charge is -2.12. The molecule has 28 heavy (non-hydrogen) atoms. The van der Waals surface area contributed by atoms with Crippen LogP contribution in [-0.4, -0.2) is 16.6 Å². The normalized spacial score (nSPS) is 11.6. The Hall–Kier alpha value is -2.81. The maximum Gasteiger partial charge on any atom is 0.259 e. The summed E-state index contributed by atoms with van der Waals surface area (Å²) in [6, 6.07) is 12.3. The van der Waals surface area contributed by atoms with Crippen LogP contribution < -0.4 is 10.3 Å². The number of benzene rings is 2. The zero-order valence-electron chi connectivity index (χ0n) is 15.3. The van der Waals surface area contributed by atoms with Gasteiger partial charge in [-0.25, -0.2) is 4.98 Å². The second kappa shape index (κ2) is 8.47. The van der Waals surface area contributed by atoms with E-state index < -0.39 is 0 Å². The predicted octanol–water partition coefficient (Wildman–Crippen LogP) is 5.33. The molecule has 1 aromatic heterocycles. The monoisotopic (exact) mass is 413 g/mol. The first-order valence-electron chi connectivity index (χ1n) is 8.62. The Balaban J connectivity index is 2.02. The fourth-order valence-electron chi connectivity index (χ4n) is 2.58. The second-order valence-corrected chi connectivity index (χ2v) is 7.43. The quantitative estimate of drug-likeness (QED) is 0.573. The number of aromatic amines is 1. The number of para-hydroxylation sites is 1. The summed E-state index contributed by atoms with van der Waals surface area (Å²) in [6.45, 7) is 4.53. The summed E-state index contributed by atoms with van der Waals surface area (Å²) in [6.07, 6.45) is 1.57. The van der Waals surface area contributed by atoms with Gasteiger partial charge in [-0.15, -0.1) is 0 Å². The summed E-state index contributed by atoms with van der Waals surface area (Å²) < 4.78 is 5.65. The maximum atomic E-state index is 12.3. The fraction of sp³-hybridized carbons (Fsp3) is 0.190. The molecule has 0 atom stereocenters. The van der Waals surface area contributed by atoms with Gasteiger partial charge in [-0.05, 0) is 41.8 Å². The van der Waals surface area contributed by atoms with E-state index in [9.17, 15) is 10.1 Å². The summed E-state index contributed by atoms with van der Waals surface area (Å²) in [5, 5.41) is 10.7. The minimum atomic E-state index is -0.310. The van der Waals surface area contributed by atoms with Crippen molar-refractivity contribution in [2.75, 3.05) is 6.61 Å². The van der Waals surface area contributed by atoms with E-state index in [4.69, 9.17) is 27.9 Å². The fourth-order valence-corrected chi connectivity index (χ4v) is 3.20. The van der Waals surface area contributed by atoms with Crippen molar-refractivity contribution in [1.82, 2.24) is 9.97 Å². The second-order valence-electron chi connectivity index (χ2n) is 6.62. The van der Waals surface area contributed by atoms with E-state index in [-0.39, 0.29) is 17.0 Å². The molecule has 0 aliphatic heterocycles. The van der Waals surface area contributed by atoms with E-state index in [0.717, 1.165) is 0 Å². The van der Waals surface area contributed by atoms with Crippen LogP contribution in [0.1, 0.15) is 25.2 Å². The number of aromatic nitrogens is 2. The maximum absolute atomic E-state index is 12.3. The third-order valence-electron chi connectivity index (χ3n) is 3.88. The Kier molecular flexibility index (Phi) is 6.03. The van der Waals surface area contributed by atoms with Gasteiger partial charge in [0.05, 0.1) is 33.1 Å². The van der Waals surface area contributed by atoms with Gasteiger partial charge in [0.25, 0.3) is 5.56 Å². The number of fused-ring (bicyclic) bond motifs is 1. The molecule has 0 aliphatic carbocycles. The highest BCUT2D eigenvalue weighted by Gasteiger charge is 2.12. The van der Waals surface area contributed by atoms with E-state index in [0.29, 0.717) is 44.8 Å². The van der Waals surface area contributed by atoms with Crippen LogP contribution in [0.3, 0.4) is 0 Å². The molecule has 0 radical (unpaired) electrons.